The summed E-state index contributed by atoms with van der Waals surface area (Å²) in [5, 5.41) is 9.13. The van der Waals surface area contributed by atoms with E-state index in [1.165, 1.54) is 30.3 Å². The minimum absolute atomic E-state index is 0.0151. The molecule has 0 spiro atoms. The van der Waals surface area contributed by atoms with Crippen molar-refractivity contribution < 1.29 is 27.5 Å². The second-order valence-electron chi connectivity index (χ2n) is 5.84. The molecule has 0 saturated carbocycles. The van der Waals surface area contributed by atoms with E-state index in [0.717, 1.165) is 19.3 Å². The van der Waals surface area contributed by atoms with Crippen LogP contribution in [0, 0.1) is 17.5 Å². The van der Waals surface area contributed by atoms with Crippen LogP contribution in [-0.4, -0.2) is 11.1 Å². The van der Waals surface area contributed by atoms with E-state index in [-0.39, 0.29) is 11.1 Å². The van der Waals surface area contributed by atoms with Gasteiger partial charge in [0.05, 0.1) is 5.56 Å². The van der Waals surface area contributed by atoms with Gasteiger partial charge in [0.2, 0.25) is 0 Å². The number of hydrogen-bond acceptors (Lipinski definition) is 1. The molecule has 0 aliphatic heterocycles. The van der Waals surface area contributed by atoms with Gasteiger partial charge in [-0.25, -0.2) is 22.4 Å². The van der Waals surface area contributed by atoms with Crippen molar-refractivity contribution in [3.05, 3.63) is 65.0 Å². The van der Waals surface area contributed by atoms with Crippen molar-refractivity contribution in [1.82, 2.24) is 0 Å². The third kappa shape index (κ3) is 4.31. The van der Waals surface area contributed by atoms with Crippen LogP contribution < -0.4 is 0 Å². The summed E-state index contributed by atoms with van der Waals surface area (Å²) in [6.07, 6.45) is 4.92. The van der Waals surface area contributed by atoms with E-state index in [1.54, 1.807) is 0 Å². The summed E-state index contributed by atoms with van der Waals surface area (Å²) in [4.78, 5) is 11.2. The molecule has 2 nitrogen and oxygen atoms in total. The maximum absolute atomic E-state index is 14.1. The van der Waals surface area contributed by atoms with Crippen molar-refractivity contribution in [2.75, 3.05) is 0 Å². The predicted octanol–water partition coefficient (Wildman–Crippen LogP) is 6.36. The van der Waals surface area contributed by atoms with Gasteiger partial charge in [-0.15, -0.1) is 0 Å². The Hall–Kier alpha value is -2.63. The van der Waals surface area contributed by atoms with Gasteiger partial charge >= 0.3 is 5.97 Å². The topological polar surface area (TPSA) is 37.3 Å². The van der Waals surface area contributed by atoms with Crippen LogP contribution >= 0.6 is 0 Å². The lowest BCUT2D eigenvalue weighted by Gasteiger charge is -2.10. The van der Waals surface area contributed by atoms with Gasteiger partial charge < -0.3 is 5.11 Å². The first-order valence-corrected chi connectivity index (χ1v) is 8.24. The van der Waals surface area contributed by atoms with Gasteiger partial charge in [0, 0.05) is 11.1 Å². The first-order valence-electron chi connectivity index (χ1n) is 8.24. The summed E-state index contributed by atoms with van der Waals surface area (Å²) in [6.45, 7) is 2.04. The molecule has 2 rings (SSSR count). The van der Waals surface area contributed by atoms with Crippen molar-refractivity contribution in [2.45, 2.75) is 32.6 Å². The number of allylic oxidation sites excluding steroid dienone is 1. The molecule has 2 aromatic rings. The second-order valence-corrected chi connectivity index (χ2v) is 5.84. The molecule has 0 bridgehead atoms. The number of carboxylic acids is 1. The minimum Gasteiger partial charge on any atom is -0.478 e. The Morgan fingerprint density at radius 2 is 1.73 bits per heavy atom. The Bertz CT molecular complexity index is 827. The fraction of sp³-hybridized carbons (Fsp3) is 0.250. The fourth-order valence-electron chi connectivity index (χ4n) is 2.58. The predicted molar refractivity (Wildman–Crippen MR) is 91.9 cm³/mol. The third-order valence-corrected chi connectivity index (χ3v) is 3.97. The van der Waals surface area contributed by atoms with Crippen molar-refractivity contribution in [3.63, 3.8) is 0 Å². The quantitative estimate of drug-likeness (QED) is 0.352. The molecule has 138 valence electrons. The molecule has 0 unspecified atom stereocenters. The van der Waals surface area contributed by atoms with Crippen LogP contribution in [0.1, 0.15) is 48.5 Å². The van der Waals surface area contributed by atoms with Crippen LogP contribution in [0.5, 0.6) is 0 Å². The third-order valence-electron chi connectivity index (χ3n) is 3.97. The molecule has 26 heavy (non-hydrogen) atoms. The average Bonchev–Trinajstić information content (AvgIpc) is 2.63. The number of unbranched alkanes of at least 4 members (excludes halogenated alkanes) is 3. The lowest BCUT2D eigenvalue weighted by Crippen LogP contribution is -2.06. The van der Waals surface area contributed by atoms with E-state index in [0.29, 0.717) is 12.5 Å². The Morgan fingerprint density at radius 3 is 2.31 bits per heavy atom. The zero-order valence-electron chi connectivity index (χ0n) is 14.2. The summed E-state index contributed by atoms with van der Waals surface area (Å²) in [5.74, 6) is -6.97. The molecule has 0 aliphatic carbocycles. The normalized spacial score (nSPS) is 11.7. The summed E-state index contributed by atoms with van der Waals surface area (Å²) in [6, 6.07) is 5.66. The summed E-state index contributed by atoms with van der Waals surface area (Å²) in [5.41, 5.74) is -1.02. The van der Waals surface area contributed by atoms with Crippen LogP contribution in [0.15, 0.2) is 36.4 Å². The number of carboxylic acid groups (broad SMARTS) is 1. The number of halogens is 4. The van der Waals surface area contributed by atoms with Gasteiger partial charge in [0.1, 0.15) is 5.83 Å². The SMILES string of the molecule is CCCCCC=C(F)c1ccc(-c2c(C(=O)O)cc(F)c(F)c2F)cc1. The standard InChI is InChI=1S/C20H18F4O2/c1-2-3-4-5-6-15(21)12-7-9-13(10-8-12)17-14(20(25)26)11-16(22)18(23)19(17)24/h6-11H,2-5H2,1H3,(H,25,26). The number of aromatic carboxylic acids is 1. The van der Waals surface area contributed by atoms with Gasteiger partial charge in [-0.2, -0.15) is 0 Å². The number of carbonyl (C=O) groups is 1. The zero-order chi connectivity index (χ0) is 19.3. The van der Waals surface area contributed by atoms with Crippen molar-refractivity contribution in [3.8, 4) is 11.1 Å². The molecule has 2 aromatic carbocycles. The Labute approximate surface area is 148 Å². The van der Waals surface area contributed by atoms with Gasteiger partial charge in [0.25, 0.3) is 0 Å². The molecular weight excluding hydrogens is 348 g/mol. The number of hydrogen-bond donors (Lipinski definition) is 1. The first kappa shape index (κ1) is 19.7. The molecule has 0 aliphatic rings. The zero-order valence-corrected chi connectivity index (χ0v) is 14.2. The van der Waals surface area contributed by atoms with Crippen LogP contribution in [0.3, 0.4) is 0 Å². The highest BCUT2D eigenvalue weighted by Gasteiger charge is 2.23. The van der Waals surface area contributed by atoms with Crippen LogP contribution in [0.4, 0.5) is 17.6 Å². The van der Waals surface area contributed by atoms with E-state index in [2.05, 4.69) is 0 Å². The molecule has 0 heterocycles. The van der Waals surface area contributed by atoms with E-state index in [4.69, 9.17) is 5.11 Å². The Kier molecular flexibility index (Phi) is 6.55. The van der Waals surface area contributed by atoms with Crippen molar-refractivity contribution in [2.24, 2.45) is 0 Å². The smallest absolute Gasteiger partial charge is 0.336 e. The maximum atomic E-state index is 14.1. The summed E-state index contributed by atoms with van der Waals surface area (Å²) in [7, 11) is 0. The molecule has 0 atom stereocenters. The molecule has 1 N–H and O–H groups in total. The molecule has 0 fully saturated rings. The summed E-state index contributed by atoms with van der Waals surface area (Å²) < 4.78 is 55.0. The lowest BCUT2D eigenvalue weighted by atomic mass is 9.97. The van der Waals surface area contributed by atoms with Crippen molar-refractivity contribution in [1.29, 1.82) is 0 Å². The Morgan fingerprint density at radius 1 is 1.08 bits per heavy atom. The van der Waals surface area contributed by atoms with Crippen LogP contribution in [-0.2, 0) is 0 Å². The number of rotatable bonds is 7. The van der Waals surface area contributed by atoms with E-state index in [1.807, 2.05) is 6.92 Å². The largest absolute Gasteiger partial charge is 0.478 e. The molecule has 0 saturated heterocycles. The molecule has 0 radical (unpaired) electrons. The first-order chi connectivity index (χ1) is 12.4. The van der Waals surface area contributed by atoms with E-state index in [9.17, 15) is 22.4 Å². The van der Waals surface area contributed by atoms with Crippen LogP contribution in [0.2, 0.25) is 0 Å². The molecular formula is C20H18F4O2. The minimum atomic E-state index is -1.75. The fourth-order valence-corrected chi connectivity index (χ4v) is 2.58. The van der Waals surface area contributed by atoms with E-state index < -0.39 is 40.4 Å². The van der Waals surface area contributed by atoms with Crippen molar-refractivity contribution >= 4 is 11.8 Å². The highest BCUT2D eigenvalue weighted by molar-refractivity contribution is 5.96. The lowest BCUT2D eigenvalue weighted by molar-refractivity contribution is 0.0696. The van der Waals surface area contributed by atoms with Gasteiger partial charge in [0.15, 0.2) is 17.5 Å². The van der Waals surface area contributed by atoms with E-state index >= 15 is 0 Å². The van der Waals surface area contributed by atoms with Gasteiger partial charge in [-0.1, -0.05) is 44.0 Å². The van der Waals surface area contributed by atoms with Gasteiger partial charge in [-0.05, 0) is 30.5 Å². The Balaban J connectivity index is 2.37. The number of benzene rings is 2. The van der Waals surface area contributed by atoms with Gasteiger partial charge in [-0.3, -0.25) is 0 Å². The second kappa shape index (κ2) is 8.65. The highest BCUT2D eigenvalue weighted by atomic mass is 19.2. The average molecular weight is 366 g/mol. The van der Waals surface area contributed by atoms with Crippen LogP contribution in [0.25, 0.3) is 17.0 Å². The molecule has 6 heteroatoms. The summed E-state index contributed by atoms with van der Waals surface area (Å²) >= 11 is 0. The molecule has 0 aromatic heterocycles. The molecule has 0 amide bonds. The maximum Gasteiger partial charge on any atom is 0.336 e. The highest BCUT2D eigenvalue weighted by Crippen LogP contribution is 2.31. The monoisotopic (exact) mass is 366 g/mol.